The number of fused-ring (bicyclic) bond motifs is 2. The molecule has 0 amide bonds. The Morgan fingerprint density at radius 1 is 1.30 bits per heavy atom. The zero-order chi connectivity index (χ0) is 16.0. The van der Waals surface area contributed by atoms with Crippen LogP contribution in [0.25, 0.3) is 11.1 Å². The molecule has 2 bridgehead atoms. The molecular weight excluding hydrogens is 290 g/mol. The van der Waals surface area contributed by atoms with E-state index in [0.717, 1.165) is 16.8 Å². The first-order valence-electron chi connectivity index (χ1n) is 8.09. The highest BCUT2D eigenvalue weighted by atomic mass is 16.6. The molecule has 0 saturated carbocycles. The molecule has 0 aliphatic carbocycles. The van der Waals surface area contributed by atoms with Gasteiger partial charge in [-0.3, -0.25) is 15.1 Å². The average Bonchev–Trinajstić information content (AvgIpc) is 3.18. The van der Waals surface area contributed by atoms with Crippen LogP contribution in [0.15, 0.2) is 36.5 Å². The van der Waals surface area contributed by atoms with Gasteiger partial charge in [0.15, 0.2) is 0 Å². The molecule has 3 unspecified atom stereocenters. The van der Waals surface area contributed by atoms with Crippen LogP contribution in [0.3, 0.4) is 0 Å². The fourth-order valence-corrected chi connectivity index (χ4v) is 4.02. The largest absolute Gasteiger partial charge is 0.311 e. The maximum atomic E-state index is 11.0. The fourth-order valence-electron chi connectivity index (χ4n) is 4.02. The van der Waals surface area contributed by atoms with Crippen LogP contribution in [0.2, 0.25) is 0 Å². The van der Waals surface area contributed by atoms with E-state index < -0.39 is 0 Å². The summed E-state index contributed by atoms with van der Waals surface area (Å²) in [4.78, 5) is 15.2. The van der Waals surface area contributed by atoms with Crippen LogP contribution in [0.1, 0.15) is 36.4 Å². The van der Waals surface area contributed by atoms with Crippen LogP contribution in [-0.4, -0.2) is 22.0 Å². The Morgan fingerprint density at radius 2 is 2.17 bits per heavy atom. The van der Waals surface area contributed by atoms with Gasteiger partial charge in [0.05, 0.1) is 4.92 Å². The Labute approximate surface area is 134 Å². The first kappa shape index (κ1) is 14.3. The van der Waals surface area contributed by atoms with E-state index in [-0.39, 0.29) is 10.6 Å². The van der Waals surface area contributed by atoms with E-state index in [1.807, 2.05) is 19.2 Å². The predicted octanol–water partition coefficient (Wildman–Crippen LogP) is 3.57. The third-order valence-electron chi connectivity index (χ3n) is 5.20. The summed E-state index contributed by atoms with van der Waals surface area (Å²) >= 11 is 0. The van der Waals surface area contributed by atoms with Gasteiger partial charge in [0.1, 0.15) is 0 Å². The lowest BCUT2D eigenvalue weighted by Gasteiger charge is -2.21. The van der Waals surface area contributed by atoms with Gasteiger partial charge < -0.3 is 5.32 Å². The maximum Gasteiger partial charge on any atom is 0.270 e. The van der Waals surface area contributed by atoms with E-state index in [4.69, 9.17) is 0 Å². The second kappa shape index (κ2) is 5.42. The highest BCUT2D eigenvalue weighted by Gasteiger charge is 2.39. The van der Waals surface area contributed by atoms with Crippen molar-refractivity contribution in [3.63, 3.8) is 0 Å². The Morgan fingerprint density at radius 3 is 2.87 bits per heavy atom. The lowest BCUT2D eigenvalue weighted by molar-refractivity contribution is -0.384. The second-order valence-corrected chi connectivity index (χ2v) is 6.60. The van der Waals surface area contributed by atoms with Gasteiger partial charge in [-0.05, 0) is 43.4 Å². The minimum Gasteiger partial charge on any atom is -0.311 e. The molecule has 1 aromatic heterocycles. The summed E-state index contributed by atoms with van der Waals surface area (Å²) in [5.74, 6) is 0.513. The summed E-state index contributed by atoms with van der Waals surface area (Å²) in [5.41, 5.74) is 4.13. The molecule has 2 saturated heterocycles. The van der Waals surface area contributed by atoms with E-state index in [1.54, 1.807) is 12.1 Å². The van der Waals surface area contributed by atoms with Gasteiger partial charge in [-0.2, -0.15) is 0 Å². The Bertz CT molecular complexity index is 775. The number of pyridine rings is 1. The standard InChI is InChI=1S/C18H19N3O2/c1-11-16(12-3-2-4-15(7-12)21(22)23)8-13(10-19-11)17-9-14-5-6-18(17)20-14/h2-4,7-8,10,14,17-18,20H,5-6,9H2,1H3. The number of nitrogens with zero attached hydrogens (tertiary/aromatic N) is 2. The normalized spacial score (nSPS) is 25.7. The van der Waals surface area contributed by atoms with Gasteiger partial charge in [-0.1, -0.05) is 12.1 Å². The lowest BCUT2D eigenvalue weighted by atomic mass is 9.83. The molecule has 1 aromatic carbocycles. The summed E-state index contributed by atoms with van der Waals surface area (Å²) in [5, 5.41) is 14.7. The molecule has 2 aromatic rings. The minimum absolute atomic E-state index is 0.119. The first-order chi connectivity index (χ1) is 11.1. The van der Waals surface area contributed by atoms with Crippen LogP contribution >= 0.6 is 0 Å². The maximum absolute atomic E-state index is 11.0. The minimum atomic E-state index is -0.351. The average molecular weight is 309 g/mol. The number of rotatable bonds is 3. The molecule has 5 heteroatoms. The van der Waals surface area contributed by atoms with Crippen LogP contribution in [0.4, 0.5) is 5.69 Å². The zero-order valence-electron chi connectivity index (χ0n) is 13.0. The molecule has 3 atom stereocenters. The fraction of sp³-hybridized carbons (Fsp3) is 0.389. The van der Waals surface area contributed by atoms with Crippen LogP contribution in [-0.2, 0) is 0 Å². The molecule has 4 rings (SSSR count). The summed E-state index contributed by atoms with van der Waals surface area (Å²) in [6.45, 7) is 1.96. The number of aryl methyl sites for hydroxylation is 1. The number of nitrogens with one attached hydrogen (secondary N) is 1. The van der Waals surface area contributed by atoms with Crippen molar-refractivity contribution in [1.82, 2.24) is 10.3 Å². The SMILES string of the molecule is Cc1ncc(C2CC3CCC2N3)cc1-c1cccc([N+](=O)[O-])c1. The van der Waals surface area contributed by atoms with E-state index in [1.165, 1.54) is 30.9 Å². The van der Waals surface area contributed by atoms with Crippen molar-refractivity contribution >= 4 is 5.69 Å². The van der Waals surface area contributed by atoms with Crippen molar-refractivity contribution in [2.24, 2.45) is 0 Å². The summed E-state index contributed by atoms with van der Waals surface area (Å²) in [7, 11) is 0. The van der Waals surface area contributed by atoms with Gasteiger partial charge in [0.25, 0.3) is 5.69 Å². The number of aromatic nitrogens is 1. The van der Waals surface area contributed by atoms with Crippen LogP contribution < -0.4 is 5.32 Å². The number of benzene rings is 1. The quantitative estimate of drug-likeness (QED) is 0.695. The van der Waals surface area contributed by atoms with E-state index >= 15 is 0 Å². The molecule has 2 aliphatic rings. The van der Waals surface area contributed by atoms with Crippen molar-refractivity contribution in [3.05, 3.63) is 57.9 Å². The summed E-state index contributed by atoms with van der Waals surface area (Å²) < 4.78 is 0. The Balaban J connectivity index is 1.73. The second-order valence-electron chi connectivity index (χ2n) is 6.60. The van der Waals surface area contributed by atoms with Crippen molar-refractivity contribution in [2.45, 2.75) is 44.2 Å². The number of nitro benzene ring substituents is 1. The number of non-ortho nitro benzene ring substituents is 1. The van der Waals surface area contributed by atoms with Crippen LogP contribution in [0, 0.1) is 17.0 Å². The molecule has 2 aliphatic heterocycles. The predicted molar refractivity (Wildman–Crippen MR) is 88.4 cm³/mol. The Hall–Kier alpha value is -2.27. The van der Waals surface area contributed by atoms with Gasteiger partial charge in [0.2, 0.25) is 0 Å². The van der Waals surface area contributed by atoms with Gasteiger partial charge in [0, 0.05) is 47.6 Å². The Kier molecular flexibility index (Phi) is 3.38. The van der Waals surface area contributed by atoms with Crippen LogP contribution in [0.5, 0.6) is 0 Å². The summed E-state index contributed by atoms with van der Waals surface area (Å²) in [6.07, 6.45) is 5.65. The molecule has 0 radical (unpaired) electrons. The van der Waals surface area contributed by atoms with Crippen molar-refractivity contribution in [2.75, 3.05) is 0 Å². The number of nitro groups is 1. The van der Waals surface area contributed by atoms with Gasteiger partial charge in [-0.25, -0.2) is 0 Å². The smallest absolute Gasteiger partial charge is 0.270 e. The van der Waals surface area contributed by atoms with Crippen molar-refractivity contribution in [1.29, 1.82) is 0 Å². The third-order valence-corrected chi connectivity index (χ3v) is 5.20. The van der Waals surface area contributed by atoms with Crippen molar-refractivity contribution < 1.29 is 4.92 Å². The van der Waals surface area contributed by atoms with E-state index in [9.17, 15) is 10.1 Å². The molecule has 118 valence electrons. The molecule has 5 nitrogen and oxygen atoms in total. The zero-order valence-corrected chi connectivity index (χ0v) is 13.0. The first-order valence-corrected chi connectivity index (χ1v) is 8.09. The monoisotopic (exact) mass is 309 g/mol. The molecule has 0 spiro atoms. The topological polar surface area (TPSA) is 68.1 Å². The molecule has 2 fully saturated rings. The highest BCUT2D eigenvalue weighted by Crippen LogP contribution is 2.41. The van der Waals surface area contributed by atoms with Crippen molar-refractivity contribution in [3.8, 4) is 11.1 Å². The third kappa shape index (κ3) is 2.51. The van der Waals surface area contributed by atoms with E-state index in [0.29, 0.717) is 18.0 Å². The summed E-state index contributed by atoms with van der Waals surface area (Å²) in [6, 6.07) is 10.2. The van der Waals surface area contributed by atoms with E-state index in [2.05, 4.69) is 16.4 Å². The highest BCUT2D eigenvalue weighted by molar-refractivity contribution is 5.68. The molecule has 3 heterocycles. The van der Waals surface area contributed by atoms with Gasteiger partial charge >= 0.3 is 0 Å². The number of hydrogen-bond acceptors (Lipinski definition) is 4. The molecule has 1 N–H and O–H groups in total. The number of hydrogen-bond donors (Lipinski definition) is 1. The molecular formula is C18H19N3O2. The molecule has 23 heavy (non-hydrogen) atoms. The lowest BCUT2D eigenvalue weighted by Crippen LogP contribution is -2.21. The van der Waals surface area contributed by atoms with Gasteiger partial charge in [-0.15, -0.1) is 0 Å².